The summed E-state index contributed by atoms with van der Waals surface area (Å²) in [6.45, 7) is 1.91. The minimum absolute atomic E-state index is 0.131. The molecular formula is C15H14BrNO2. The SMILES string of the molecule is COc1ccc(C(=O)Nc2ccc(Br)cc2)cc1C. The molecule has 0 atom stereocenters. The van der Waals surface area contributed by atoms with Crippen LogP contribution < -0.4 is 10.1 Å². The molecule has 2 rings (SSSR count). The number of hydrogen-bond donors (Lipinski definition) is 1. The molecular weight excluding hydrogens is 306 g/mol. The lowest BCUT2D eigenvalue weighted by Gasteiger charge is -2.08. The van der Waals surface area contributed by atoms with Gasteiger partial charge in [-0.15, -0.1) is 0 Å². The van der Waals surface area contributed by atoms with Crippen molar-refractivity contribution in [2.75, 3.05) is 12.4 Å². The molecule has 19 heavy (non-hydrogen) atoms. The van der Waals surface area contributed by atoms with Gasteiger partial charge in [-0.05, 0) is 55.0 Å². The van der Waals surface area contributed by atoms with Gasteiger partial charge in [0.05, 0.1) is 7.11 Å². The second-order valence-corrected chi connectivity index (χ2v) is 5.06. The van der Waals surface area contributed by atoms with Gasteiger partial charge in [0.15, 0.2) is 0 Å². The Hall–Kier alpha value is -1.81. The molecule has 0 aliphatic rings. The van der Waals surface area contributed by atoms with Gasteiger partial charge in [-0.2, -0.15) is 0 Å². The number of nitrogens with one attached hydrogen (secondary N) is 1. The number of methoxy groups -OCH3 is 1. The predicted molar refractivity (Wildman–Crippen MR) is 79.8 cm³/mol. The molecule has 0 aliphatic carbocycles. The fourth-order valence-electron chi connectivity index (χ4n) is 1.76. The van der Waals surface area contributed by atoms with E-state index in [2.05, 4.69) is 21.2 Å². The number of anilines is 1. The third-order valence-electron chi connectivity index (χ3n) is 2.76. The average Bonchev–Trinajstić information content (AvgIpc) is 2.41. The van der Waals surface area contributed by atoms with E-state index in [1.165, 1.54) is 0 Å². The average molecular weight is 320 g/mol. The molecule has 0 spiro atoms. The van der Waals surface area contributed by atoms with Crippen LogP contribution in [-0.4, -0.2) is 13.0 Å². The topological polar surface area (TPSA) is 38.3 Å². The first-order valence-corrected chi connectivity index (χ1v) is 6.61. The minimum atomic E-state index is -0.131. The van der Waals surface area contributed by atoms with Crippen LogP contribution >= 0.6 is 15.9 Å². The summed E-state index contributed by atoms with van der Waals surface area (Å²) in [5.74, 6) is 0.647. The Kier molecular flexibility index (Phi) is 4.22. The van der Waals surface area contributed by atoms with E-state index < -0.39 is 0 Å². The van der Waals surface area contributed by atoms with Crippen molar-refractivity contribution in [1.29, 1.82) is 0 Å². The van der Waals surface area contributed by atoms with Gasteiger partial charge in [0.1, 0.15) is 5.75 Å². The standard InChI is InChI=1S/C15H14BrNO2/c1-10-9-11(3-8-14(10)19-2)15(18)17-13-6-4-12(16)5-7-13/h3-9H,1-2H3,(H,17,18). The Morgan fingerprint density at radius 1 is 1.16 bits per heavy atom. The summed E-state index contributed by atoms with van der Waals surface area (Å²) in [5, 5.41) is 2.85. The predicted octanol–water partition coefficient (Wildman–Crippen LogP) is 4.02. The highest BCUT2D eigenvalue weighted by Crippen LogP contribution is 2.20. The third kappa shape index (κ3) is 3.35. The minimum Gasteiger partial charge on any atom is -0.496 e. The van der Waals surface area contributed by atoms with E-state index >= 15 is 0 Å². The monoisotopic (exact) mass is 319 g/mol. The van der Waals surface area contributed by atoms with Crippen LogP contribution in [0.25, 0.3) is 0 Å². The number of amides is 1. The first-order valence-electron chi connectivity index (χ1n) is 5.81. The number of carbonyl (C=O) groups is 1. The number of rotatable bonds is 3. The lowest BCUT2D eigenvalue weighted by molar-refractivity contribution is 0.102. The fourth-order valence-corrected chi connectivity index (χ4v) is 2.02. The van der Waals surface area contributed by atoms with Gasteiger partial charge in [-0.25, -0.2) is 0 Å². The largest absolute Gasteiger partial charge is 0.496 e. The van der Waals surface area contributed by atoms with Gasteiger partial charge >= 0.3 is 0 Å². The highest BCUT2D eigenvalue weighted by atomic mass is 79.9. The molecule has 0 heterocycles. The Morgan fingerprint density at radius 2 is 1.84 bits per heavy atom. The number of carbonyl (C=O) groups excluding carboxylic acids is 1. The first-order chi connectivity index (χ1) is 9.10. The van der Waals surface area contributed by atoms with Crippen molar-refractivity contribution in [1.82, 2.24) is 0 Å². The number of benzene rings is 2. The molecule has 3 nitrogen and oxygen atoms in total. The van der Waals surface area contributed by atoms with E-state index in [9.17, 15) is 4.79 Å². The molecule has 1 N–H and O–H groups in total. The molecule has 0 saturated heterocycles. The van der Waals surface area contributed by atoms with Crippen molar-refractivity contribution in [2.24, 2.45) is 0 Å². The Morgan fingerprint density at radius 3 is 2.42 bits per heavy atom. The van der Waals surface area contributed by atoms with E-state index in [0.717, 1.165) is 21.5 Å². The smallest absolute Gasteiger partial charge is 0.255 e. The third-order valence-corrected chi connectivity index (χ3v) is 3.29. The Labute approximate surface area is 120 Å². The normalized spacial score (nSPS) is 10.1. The second kappa shape index (κ2) is 5.89. The van der Waals surface area contributed by atoms with Crippen molar-refractivity contribution in [3.05, 3.63) is 58.1 Å². The van der Waals surface area contributed by atoms with Crippen LogP contribution in [0.4, 0.5) is 5.69 Å². The zero-order chi connectivity index (χ0) is 13.8. The summed E-state index contributed by atoms with van der Waals surface area (Å²) in [7, 11) is 1.61. The lowest BCUT2D eigenvalue weighted by Crippen LogP contribution is -2.12. The number of ether oxygens (including phenoxy) is 1. The van der Waals surface area contributed by atoms with Crippen LogP contribution in [0.2, 0.25) is 0 Å². The van der Waals surface area contributed by atoms with Gasteiger partial charge in [-0.3, -0.25) is 4.79 Å². The van der Waals surface area contributed by atoms with E-state index in [1.807, 2.05) is 37.3 Å². The summed E-state index contributed by atoms with van der Waals surface area (Å²) in [4.78, 5) is 12.1. The van der Waals surface area contributed by atoms with Crippen molar-refractivity contribution in [3.63, 3.8) is 0 Å². The number of aryl methyl sites for hydroxylation is 1. The molecule has 0 saturated carbocycles. The molecule has 0 aromatic heterocycles. The van der Waals surface area contributed by atoms with Gasteiger partial charge < -0.3 is 10.1 Å². The summed E-state index contributed by atoms with van der Waals surface area (Å²) in [5.41, 5.74) is 2.31. The van der Waals surface area contributed by atoms with Crippen LogP contribution in [0.15, 0.2) is 46.9 Å². The van der Waals surface area contributed by atoms with E-state index in [0.29, 0.717) is 5.56 Å². The van der Waals surface area contributed by atoms with E-state index in [1.54, 1.807) is 19.2 Å². The van der Waals surface area contributed by atoms with Gasteiger partial charge in [0.25, 0.3) is 5.91 Å². The molecule has 4 heteroatoms. The fraction of sp³-hybridized carbons (Fsp3) is 0.133. The Balaban J connectivity index is 2.16. The molecule has 2 aromatic carbocycles. The molecule has 0 aliphatic heterocycles. The quantitative estimate of drug-likeness (QED) is 0.928. The van der Waals surface area contributed by atoms with Gasteiger partial charge in [0.2, 0.25) is 0 Å². The van der Waals surface area contributed by atoms with Crippen LogP contribution in [0.5, 0.6) is 5.75 Å². The van der Waals surface area contributed by atoms with Gasteiger partial charge in [-0.1, -0.05) is 15.9 Å². The summed E-state index contributed by atoms with van der Waals surface area (Å²) < 4.78 is 6.15. The van der Waals surface area contributed by atoms with Crippen molar-refractivity contribution < 1.29 is 9.53 Å². The zero-order valence-corrected chi connectivity index (χ0v) is 12.3. The van der Waals surface area contributed by atoms with Crippen LogP contribution in [0.1, 0.15) is 15.9 Å². The van der Waals surface area contributed by atoms with Crippen LogP contribution in [0, 0.1) is 6.92 Å². The molecule has 0 unspecified atom stereocenters. The molecule has 0 fully saturated rings. The lowest BCUT2D eigenvalue weighted by atomic mass is 10.1. The first kappa shape index (κ1) is 13.6. The van der Waals surface area contributed by atoms with Crippen molar-refractivity contribution in [3.8, 4) is 5.75 Å². The highest BCUT2D eigenvalue weighted by Gasteiger charge is 2.08. The molecule has 1 amide bonds. The highest BCUT2D eigenvalue weighted by molar-refractivity contribution is 9.10. The Bertz CT molecular complexity index is 594. The zero-order valence-electron chi connectivity index (χ0n) is 10.7. The summed E-state index contributed by atoms with van der Waals surface area (Å²) in [6.07, 6.45) is 0. The maximum atomic E-state index is 12.1. The molecule has 98 valence electrons. The molecule has 2 aromatic rings. The maximum absolute atomic E-state index is 12.1. The summed E-state index contributed by atoms with van der Waals surface area (Å²) >= 11 is 3.36. The number of hydrogen-bond acceptors (Lipinski definition) is 2. The van der Waals surface area contributed by atoms with E-state index in [-0.39, 0.29) is 5.91 Å². The van der Waals surface area contributed by atoms with Crippen molar-refractivity contribution >= 4 is 27.5 Å². The van der Waals surface area contributed by atoms with Crippen LogP contribution in [-0.2, 0) is 0 Å². The number of halogens is 1. The second-order valence-electron chi connectivity index (χ2n) is 4.15. The maximum Gasteiger partial charge on any atom is 0.255 e. The van der Waals surface area contributed by atoms with Crippen molar-refractivity contribution in [2.45, 2.75) is 6.92 Å². The van der Waals surface area contributed by atoms with Crippen LogP contribution in [0.3, 0.4) is 0 Å². The summed E-state index contributed by atoms with van der Waals surface area (Å²) in [6, 6.07) is 12.8. The molecule has 0 bridgehead atoms. The van der Waals surface area contributed by atoms with Gasteiger partial charge in [0, 0.05) is 15.7 Å². The van der Waals surface area contributed by atoms with E-state index in [4.69, 9.17) is 4.74 Å². The molecule has 0 radical (unpaired) electrons.